The summed E-state index contributed by atoms with van der Waals surface area (Å²) in [5, 5.41) is 8.91. The van der Waals surface area contributed by atoms with E-state index >= 15 is 0 Å². The molecule has 0 bridgehead atoms. The van der Waals surface area contributed by atoms with Gasteiger partial charge in [-0.15, -0.1) is 0 Å². The van der Waals surface area contributed by atoms with Crippen LogP contribution in [0.3, 0.4) is 0 Å². The van der Waals surface area contributed by atoms with Gasteiger partial charge in [-0.1, -0.05) is 13.0 Å². The van der Waals surface area contributed by atoms with Crippen molar-refractivity contribution in [2.24, 2.45) is 0 Å². The number of aliphatic hydroxyl groups is 1. The predicted octanol–water partition coefficient (Wildman–Crippen LogP) is 1.33. The second-order valence-corrected chi connectivity index (χ2v) is 3.68. The Hall–Kier alpha value is -0.930. The molecule has 15 heavy (non-hydrogen) atoms. The maximum atomic E-state index is 8.91. The van der Waals surface area contributed by atoms with Gasteiger partial charge < -0.3 is 10.0 Å². The van der Waals surface area contributed by atoms with Crippen LogP contribution in [0, 0.1) is 0 Å². The molecule has 0 atom stereocenters. The molecule has 0 radical (unpaired) electrons. The highest BCUT2D eigenvalue weighted by Crippen LogP contribution is 2.00. The zero-order chi connectivity index (χ0) is 10.9. The first-order valence-corrected chi connectivity index (χ1v) is 5.59. The van der Waals surface area contributed by atoms with Gasteiger partial charge in [-0.2, -0.15) is 0 Å². The molecular formula is C12H20N2O. The van der Waals surface area contributed by atoms with Crippen LogP contribution >= 0.6 is 0 Å². The third-order valence-corrected chi connectivity index (χ3v) is 2.40. The maximum Gasteiger partial charge on any atom is 0.0558 e. The summed E-state index contributed by atoms with van der Waals surface area (Å²) in [5.41, 5.74) is 1.26. The SMILES string of the molecule is CCCN(CCO)CCc1cccnc1. The standard InChI is InChI=1S/C12H20N2O/c1-2-7-14(9-10-15)8-5-12-4-3-6-13-11-12/h3-4,6,11,15H,2,5,7-10H2,1H3. The normalized spacial score (nSPS) is 10.9. The molecule has 0 fully saturated rings. The summed E-state index contributed by atoms with van der Waals surface area (Å²) in [6.07, 6.45) is 5.84. The number of pyridine rings is 1. The molecule has 0 unspecified atom stereocenters. The molecule has 1 heterocycles. The lowest BCUT2D eigenvalue weighted by atomic mass is 10.2. The summed E-state index contributed by atoms with van der Waals surface area (Å²) < 4.78 is 0. The summed E-state index contributed by atoms with van der Waals surface area (Å²) in [6, 6.07) is 4.06. The second kappa shape index (κ2) is 7.37. The summed E-state index contributed by atoms with van der Waals surface area (Å²) in [7, 11) is 0. The Morgan fingerprint density at radius 3 is 2.80 bits per heavy atom. The minimum atomic E-state index is 0.243. The molecule has 0 amide bonds. The minimum Gasteiger partial charge on any atom is -0.395 e. The molecule has 1 aromatic heterocycles. The Morgan fingerprint density at radius 1 is 1.33 bits per heavy atom. The number of aromatic nitrogens is 1. The van der Waals surface area contributed by atoms with E-state index in [-0.39, 0.29) is 6.61 Å². The van der Waals surface area contributed by atoms with Gasteiger partial charge in [-0.25, -0.2) is 0 Å². The Kier molecular flexibility index (Phi) is 5.97. The highest BCUT2D eigenvalue weighted by atomic mass is 16.3. The molecule has 1 rings (SSSR count). The zero-order valence-corrected chi connectivity index (χ0v) is 9.39. The Labute approximate surface area is 91.8 Å². The lowest BCUT2D eigenvalue weighted by Crippen LogP contribution is -2.29. The van der Waals surface area contributed by atoms with Crippen molar-refractivity contribution in [3.63, 3.8) is 0 Å². The van der Waals surface area contributed by atoms with Gasteiger partial charge in [-0.3, -0.25) is 4.98 Å². The monoisotopic (exact) mass is 208 g/mol. The molecule has 0 aliphatic heterocycles. The third kappa shape index (κ3) is 4.91. The van der Waals surface area contributed by atoms with Gasteiger partial charge in [0.1, 0.15) is 0 Å². The number of nitrogens with zero attached hydrogens (tertiary/aromatic N) is 2. The van der Waals surface area contributed by atoms with Crippen LogP contribution in [-0.2, 0) is 6.42 Å². The van der Waals surface area contributed by atoms with Crippen LogP contribution in [0.4, 0.5) is 0 Å². The number of hydrogen-bond acceptors (Lipinski definition) is 3. The molecule has 0 aliphatic carbocycles. The fourth-order valence-electron chi connectivity index (χ4n) is 1.63. The van der Waals surface area contributed by atoms with Crippen LogP contribution in [0.2, 0.25) is 0 Å². The average Bonchev–Trinajstić information content (AvgIpc) is 2.28. The van der Waals surface area contributed by atoms with Crippen molar-refractivity contribution in [1.82, 2.24) is 9.88 Å². The van der Waals surface area contributed by atoms with Gasteiger partial charge in [0.05, 0.1) is 6.61 Å². The summed E-state index contributed by atoms with van der Waals surface area (Å²) in [5.74, 6) is 0. The van der Waals surface area contributed by atoms with E-state index in [1.807, 2.05) is 12.3 Å². The Balaban J connectivity index is 2.33. The lowest BCUT2D eigenvalue weighted by molar-refractivity contribution is 0.197. The lowest BCUT2D eigenvalue weighted by Gasteiger charge is -2.20. The molecule has 3 nitrogen and oxygen atoms in total. The summed E-state index contributed by atoms with van der Waals surface area (Å²) in [4.78, 5) is 6.37. The second-order valence-electron chi connectivity index (χ2n) is 3.68. The molecule has 1 N–H and O–H groups in total. The van der Waals surface area contributed by atoms with Crippen LogP contribution in [0.25, 0.3) is 0 Å². The van der Waals surface area contributed by atoms with Crippen molar-refractivity contribution < 1.29 is 5.11 Å². The molecular weight excluding hydrogens is 188 g/mol. The molecule has 0 aliphatic rings. The van der Waals surface area contributed by atoms with Crippen LogP contribution in [0.5, 0.6) is 0 Å². The summed E-state index contributed by atoms with van der Waals surface area (Å²) >= 11 is 0. The van der Waals surface area contributed by atoms with Crippen molar-refractivity contribution in [3.8, 4) is 0 Å². The predicted molar refractivity (Wildman–Crippen MR) is 61.8 cm³/mol. The number of rotatable bonds is 7. The molecule has 3 heteroatoms. The smallest absolute Gasteiger partial charge is 0.0558 e. The number of aliphatic hydroxyl groups excluding tert-OH is 1. The van der Waals surface area contributed by atoms with Gasteiger partial charge in [0.15, 0.2) is 0 Å². The van der Waals surface area contributed by atoms with E-state index in [0.29, 0.717) is 0 Å². The fourth-order valence-corrected chi connectivity index (χ4v) is 1.63. The van der Waals surface area contributed by atoms with Crippen LogP contribution in [0.1, 0.15) is 18.9 Å². The van der Waals surface area contributed by atoms with Gasteiger partial charge in [0.2, 0.25) is 0 Å². The van der Waals surface area contributed by atoms with E-state index < -0.39 is 0 Å². The molecule has 84 valence electrons. The van der Waals surface area contributed by atoms with Gasteiger partial charge in [0.25, 0.3) is 0 Å². The van der Waals surface area contributed by atoms with Gasteiger partial charge in [0, 0.05) is 25.5 Å². The van der Waals surface area contributed by atoms with Crippen molar-refractivity contribution in [3.05, 3.63) is 30.1 Å². The van der Waals surface area contributed by atoms with Crippen molar-refractivity contribution in [2.75, 3.05) is 26.2 Å². The molecule has 0 aromatic carbocycles. The van der Waals surface area contributed by atoms with Crippen molar-refractivity contribution in [2.45, 2.75) is 19.8 Å². The number of hydrogen-bond donors (Lipinski definition) is 1. The summed E-state index contributed by atoms with van der Waals surface area (Å²) in [6.45, 7) is 5.23. The fraction of sp³-hybridized carbons (Fsp3) is 0.583. The third-order valence-electron chi connectivity index (χ3n) is 2.40. The zero-order valence-electron chi connectivity index (χ0n) is 9.39. The largest absolute Gasteiger partial charge is 0.395 e. The molecule has 0 saturated heterocycles. The maximum absolute atomic E-state index is 8.91. The Morgan fingerprint density at radius 2 is 2.20 bits per heavy atom. The minimum absolute atomic E-state index is 0.243. The average molecular weight is 208 g/mol. The first-order chi connectivity index (χ1) is 7.36. The van der Waals surface area contributed by atoms with E-state index in [0.717, 1.165) is 32.5 Å². The van der Waals surface area contributed by atoms with Crippen molar-refractivity contribution >= 4 is 0 Å². The first kappa shape index (κ1) is 12.1. The van der Waals surface area contributed by atoms with E-state index in [2.05, 4.69) is 22.9 Å². The van der Waals surface area contributed by atoms with Gasteiger partial charge >= 0.3 is 0 Å². The highest BCUT2D eigenvalue weighted by molar-refractivity contribution is 5.08. The van der Waals surface area contributed by atoms with E-state index in [1.54, 1.807) is 6.20 Å². The highest BCUT2D eigenvalue weighted by Gasteiger charge is 2.02. The van der Waals surface area contributed by atoms with Gasteiger partial charge in [-0.05, 0) is 31.0 Å². The molecule has 1 aromatic rings. The first-order valence-electron chi connectivity index (χ1n) is 5.59. The van der Waals surface area contributed by atoms with Crippen LogP contribution < -0.4 is 0 Å². The van der Waals surface area contributed by atoms with E-state index in [9.17, 15) is 0 Å². The topological polar surface area (TPSA) is 36.4 Å². The molecule has 0 saturated carbocycles. The van der Waals surface area contributed by atoms with Crippen LogP contribution in [-0.4, -0.2) is 41.2 Å². The van der Waals surface area contributed by atoms with Crippen molar-refractivity contribution in [1.29, 1.82) is 0 Å². The Bertz CT molecular complexity index is 245. The van der Waals surface area contributed by atoms with Crippen LogP contribution in [0.15, 0.2) is 24.5 Å². The molecule has 0 spiro atoms. The van der Waals surface area contributed by atoms with E-state index in [4.69, 9.17) is 5.11 Å². The van der Waals surface area contributed by atoms with E-state index in [1.165, 1.54) is 5.56 Å². The quantitative estimate of drug-likeness (QED) is 0.734.